The first kappa shape index (κ1) is 17.3. The zero-order chi connectivity index (χ0) is 17.6. The van der Waals surface area contributed by atoms with Gasteiger partial charge in [-0.25, -0.2) is 0 Å². The Morgan fingerprint density at radius 3 is 2.48 bits per heavy atom. The van der Waals surface area contributed by atoms with Gasteiger partial charge in [0.15, 0.2) is 0 Å². The van der Waals surface area contributed by atoms with Crippen LogP contribution < -0.4 is 15.5 Å². The molecule has 2 N–H and O–H groups in total. The number of aryl methyl sites for hydroxylation is 2. The first-order chi connectivity index (χ1) is 12.1. The Balaban J connectivity index is 1.46. The second kappa shape index (κ2) is 8.06. The molecule has 0 radical (unpaired) electrons. The van der Waals surface area contributed by atoms with Crippen LogP contribution in [0.4, 0.5) is 17.1 Å². The summed E-state index contributed by atoms with van der Waals surface area (Å²) >= 11 is 0. The average molecular weight is 337 g/mol. The van der Waals surface area contributed by atoms with Crippen molar-refractivity contribution in [2.45, 2.75) is 33.1 Å². The zero-order valence-corrected chi connectivity index (χ0v) is 15.1. The summed E-state index contributed by atoms with van der Waals surface area (Å²) in [5.74, 6) is 0.0340. The normalized spacial score (nSPS) is 13.8. The van der Waals surface area contributed by atoms with Gasteiger partial charge in [-0.15, -0.1) is 0 Å². The van der Waals surface area contributed by atoms with E-state index in [4.69, 9.17) is 0 Å². The lowest BCUT2D eigenvalue weighted by Crippen LogP contribution is -2.18. The van der Waals surface area contributed by atoms with Crippen molar-refractivity contribution in [3.05, 3.63) is 53.6 Å². The lowest BCUT2D eigenvalue weighted by atomic mass is 10.1. The Bertz CT molecular complexity index is 718. The van der Waals surface area contributed by atoms with Crippen molar-refractivity contribution < 1.29 is 4.79 Å². The highest BCUT2D eigenvalue weighted by Gasteiger charge is 2.12. The molecule has 2 aromatic carbocycles. The molecule has 132 valence electrons. The molecule has 0 atom stereocenters. The van der Waals surface area contributed by atoms with Crippen molar-refractivity contribution >= 4 is 23.0 Å². The maximum atomic E-state index is 12.1. The number of carbonyl (C=O) groups excluding carboxylic acids is 1. The number of benzene rings is 2. The van der Waals surface area contributed by atoms with Gasteiger partial charge in [0.1, 0.15) is 0 Å². The lowest BCUT2D eigenvalue weighted by Gasteiger charge is -2.17. The van der Waals surface area contributed by atoms with Gasteiger partial charge in [0.05, 0.1) is 0 Å². The fourth-order valence-corrected chi connectivity index (χ4v) is 3.19. The summed E-state index contributed by atoms with van der Waals surface area (Å²) in [6.07, 6.45) is 2.99. The van der Waals surface area contributed by atoms with E-state index in [0.717, 1.165) is 24.5 Å². The number of rotatable bonds is 6. The number of hydrogen-bond acceptors (Lipinski definition) is 3. The third-order valence-electron chi connectivity index (χ3n) is 4.68. The fourth-order valence-electron chi connectivity index (χ4n) is 3.19. The van der Waals surface area contributed by atoms with Crippen LogP contribution in [-0.4, -0.2) is 25.5 Å². The van der Waals surface area contributed by atoms with Crippen LogP contribution in [0.1, 0.15) is 30.4 Å². The van der Waals surface area contributed by atoms with Gasteiger partial charge < -0.3 is 15.5 Å². The molecule has 0 bridgehead atoms. The van der Waals surface area contributed by atoms with Crippen molar-refractivity contribution in [2.24, 2.45) is 0 Å². The van der Waals surface area contributed by atoms with Gasteiger partial charge in [-0.3, -0.25) is 4.79 Å². The molecule has 1 amide bonds. The van der Waals surface area contributed by atoms with E-state index in [-0.39, 0.29) is 5.91 Å². The van der Waals surface area contributed by atoms with Gasteiger partial charge in [-0.2, -0.15) is 0 Å². The molecule has 3 rings (SSSR count). The fraction of sp³-hybridized carbons (Fsp3) is 0.381. The number of nitrogens with one attached hydrogen (secondary N) is 2. The smallest absolute Gasteiger partial charge is 0.226 e. The molecule has 1 aliphatic heterocycles. The lowest BCUT2D eigenvalue weighted by molar-refractivity contribution is -0.115. The molecule has 1 aliphatic rings. The van der Waals surface area contributed by atoms with E-state index in [9.17, 15) is 4.79 Å². The van der Waals surface area contributed by atoms with Crippen LogP contribution in [0, 0.1) is 13.8 Å². The van der Waals surface area contributed by atoms with Gasteiger partial charge in [0.25, 0.3) is 0 Å². The number of amides is 1. The minimum absolute atomic E-state index is 0.0340. The quantitative estimate of drug-likeness (QED) is 0.824. The van der Waals surface area contributed by atoms with E-state index in [1.807, 2.05) is 12.1 Å². The molecule has 0 spiro atoms. The molecule has 4 nitrogen and oxygen atoms in total. The molecule has 25 heavy (non-hydrogen) atoms. The summed E-state index contributed by atoms with van der Waals surface area (Å²) < 4.78 is 0. The van der Waals surface area contributed by atoms with Gasteiger partial charge in [-0.1, -0.05) is 12.1 Å². The minimum Gasteiger partial charge on any atom is -0.384 e. The number of nitrogens with zero attached hydrogens (tertiary/aromatic N) is 1. The molecule has 2 aromatic rings. The molecule has 1 heterocycles. The molecular weight excluding hydrogens is 310 g/mol. The Labute approximate surface area is 150 Å². The molecule has 1 saturated heterocycles. The van der Waals surface area contributed by atoms with Gasteiger partial charge in [0.2, 0.25) is 5.91 Å². The topological polar surface area (TPSA) is 44.4 Å². The maximum Gasteiger partial charge on any atom is 0.226 e. The second-order valence-corrected chi connectivity index (χ2v) is 6.78. The van der Waals surface area contributed by atoms with Crippen LogP contribution in [0.5, 0.6) is 0 Å². The molecular formula is C21H27N3O. The SMILES string of the molecule is Cc1ccc(C)c(NCCC(=O)Nc2ccc(N3CCCC3)cc2)c1. The molecule has 0 saturated carbocycles. The van der Waals surface area contributed by atoms with Crippen molar-refractivity contribution in [2.75, 3.05) is 35.2 Å². The van der Waals surface area contributed by atoms with E-state index in [1.165, 1.54) is 29.7 Å². The standard InChI is InChI=1S/C21H27N3O/c1-16-5-6-17(2)20(15-16)22-12-11-21(25)23-18-7-9-19(10-8-18)24-13-3-4-14-24/h5-10,15,22H,3-4,11-14H2,1-2H3,(H,23,25). The third kappa shape index (κ3) is 4.75. The Kier molecular flexibility index (Phi) is 5.59. The highest BCUT2D eigenvalue weighted by Crippen LogP contribution is 2.22. The van der Waals surface area contributed by atoms with E-state index in [2.05, 4.69) is 59.7 Å². The first-order valence-electron chi connectivity index (χ1n) is 9.08. The van der Waals surface area contributed by atoms with Crippen LogP contribution >= 0.6 is 0 Å². The maximum absolute atomic E-state index is 12.1. The number of anilines is 3. The summed E-state index contributed by atoms with van der Waals surface area (Å²) in [7, 11) is 0. The number of carbonyl (C=O) groups is 1. The van der Waals surface area contributed by atoms with Crippen LogP contribution in [-0.2, 0) is 4.79 Å². The molecule has 0 aliphatic carbocycles. The van der Waals surface area contributed by atoms with E-state index >= 15 is 0 Å². The highest BCUT2D eigenvalue weighted by atomic mass is 16.1. The highest BCUT2D eigenvalue weighted by molar-refractivity contribution is 5.91. The van der Waals surface area contributed by atoms with E-state index in [0.29, 0.717) is 13.0 Å². The summed E-state index contributed by atoms with van der Waals surface area (Å²) in [4.78, 5) is 14.5. The predicted molar refractivity (Wildman–Crippen MR) is 106 cm³/mol. The van der Waals surface area contributed by atoms with E-state index < -0.39 is 0 Å². The van der Waals surface area contributed by atoms with Gasteiger partial charge in [0, 0.05) is 43.1 Å². The summed E-state index contributed by atoms with van der Waals surface area (Å²) in [6.45, 7) is 7.04. The summed E-state index contributed by atoms with van der Waals surface area (Å²) in [5, 5.41) is 6.32. The van der Waals surface area contributed by atoms with Gasteiger partial charge >= 0.3 is 0 Å². The largest absolute Gasteiger partial charge is 0.384 e. The van der Waals surface area contributed by atoms with Crippen molar-refractivity contribution in [3.63, 3.8) is 0 Å². The van der Waals surface area contributed by atoms with Crippen LogP contribution in [0.2, 0.25) is 0 Å². The molecule has 4 heteroatoms. The van der Waals surface area contributed by atoms with Crippen LogP contribution in [0.25, 0.3) is 0 Å². The molecule has 0 aromatic heterocycles. The van der Waals surface area contributed by atoms with Crippen LogP contribution in [0.3, 0.4) is 0 Å². The number of hydrogen-bond donors (Lipinski definition) is 2. The summed E-state index contributed by atoms with van der Waals surface area (Å²) in [5.41, 5.74) is 5.62. The van der Waals surface area contributed by atoms with Gasteiger partial charge in [-0.05, 0) is 68.1 Å². The van der Waals surface area contributed by atoms with Crippen molar-refractivity contribution in [1.29, 1.82) is 0 Å². The predicted octanol–water partition coefficient (Wildman–Crippen LogP) is 4.34. The minimum atomic E-state index is 0.0340. The van der Waals surface area contributed by atoms with E-state index in [1.54, 1.807) is 0 Å². The third-order valence-corrected chi connectivity index (χ3v) is 4.68. The Hall–Kier alpha value is -2.49. The summed E-state index contributed by atoms with van der Waals surface area (Å²) in [6, 6.07) is 14.5. The average Bonchev–Trinajstić information content (AvgIpc) is 3.13. The monoisotopic (exact) mass is 337 g/mol. The van der Waals surface area contributed by atoms with Crippen molar-refractivity contribution in [1.82, 2.24) is 0 Å². The molecule has 1 fully saturated rings. The van der Waals surface area contributed by atoms with Crippen molar-refractivity contribution in [3.8, 4) is 0 Å². The zero-order valence-electron chi connectivity index (χ0n) is 15.1. The first-order valence-corrected chi connectivity index (χ1v) is 9.08. The molecule has 0 unspecified atom stereocenters. The Morgan fingerprint density at radius 1 is 1.04 bits per heavy atom. The Morgan fingerprint density at radius 2 is 1.76 bits per heavy atom. The second-order valence-electron chi connectivity index (χ2n) is 6.78. The van der Waals surface area contributed by atoms with Crippen LogP contribution in [0.15, 0.2) is 42.5 Å².